The van der Waals surface area contributed by atoms with E-state index in [-0.39, 0.29) is 12.2 Å². The van der Waals surface area contributed by atoms with Gasteiger partial charge in [0.05, 0.1) is 6.54 Å². The van der Waals surface area contributed by atoms with Crippen LogP contribution in [0.1, 0.15) is 62.4 Å². The molecule has 37 heavy (non-hydrogen) atoms. The number of amides is 2. The number of hydrogen-bond acceptors (Lipinski definition) is 7. The van der Waals surface area contributed by atoms with Crippen molar-refractivity contribution in [3.8, 4) is 0 Å². The maximum atomic E-state index is 12.6. The quantitative estimate of drug-likeness (QED) is 0.398. The third-order valence-electron chi connectivity index (χ3n) is 5.01. The van der Waals surface area contributed by atoms with E-state index in [2.05, 4.69) is 15.3 Å². The van der Waals surface area contributed by atoms with Crippen molar-refractivity contribution in [2.75, 3.05) is 5.32 Å². The van der Waals surface area contributed by atoms with E-state index in [1.54, 1.807) is 56.5 Å². The Kier molecular flexibility index (Phi) is 8.60. The largest absolute Gasteiger partial charge is 0.444 e. The molecule has 0 spiro atoms. The van der Waals surface area contributed by atoms with Gasteiger partial charge in [-0.05, 0) is 63.9 Å². The molecule has 2 amide bonds. The number of benzene rings is 1. The lowest BCUT2D eigenvalue weighted by molar-refractivity contribution is 0.0635. The molecular weight excluding hydrogens is 518 g/mol. The lowest BCUT2D eigenvalue weighted by atomic mass is 10.2. The minimum absolute atomic E-state index is 0.0656. The zero-order chi connectivity index (χ0) is 27.4. The first-order valence-electron chi connectivity index (χ1n) is 11.6. The Labute approximate surface area is 221 Å². The van der Waals surface area contributed by atoms with Gasteiger partial charge >= 0.3 is 6.09 Å². The molecule has 3 rings (SSSR count). The molecule has 0 fully saturated rings. The number of nitrogens with zero attached hydrogens (tertiary/aromatic N) is 3. The summed E-state index contributed by atoms with van der Waals surface area (Å²) in [6, 6.07) is 8.09. The summed E-state index contributed by atoms with van der Waals surface area (Å²) >= 11 is 6.49. The summed E-state index contributed by atoms with van der Waals surface area (Å²) in [4.78, 5) is 33.5. The van der Waals surface area contributed by atoms with Gasteiger partial charge in [-0.1, -0.05) is 37.1 Å². The third kappa shape index (κ3) is 7.77. The number of imidazole rings is 1. The number of allylic oxidation sites excluding steroid dienone is 1. The van der Waals surface area contributed by atoms with E-state index in [0.717, 1.165) is 17.4 Å². The second-order valence-corrected chi connectivity index (χ2v) is 11.3. The number of anilines is 1. The fraction of sp³-hybridized carbons (Fsp3) is 0.360. The molecule has 2 aromatic heterocycles. The number of pyridine rings is 1. The Morgan fingerprint density at radius 2 is 1.89 bits per heavy atom. The lowest BCUT2D eigenvalue weighted by Gasteiger charge is -2.20. The smallest absolute Gasteiger partial charge is 0.412 e. The van der Waals surface area contributed by atoms with Crippen molar-refractivity contribution in [3.05, 3.63) is 63.9 Å². The third-order valence-corrected chi connectivity index (χ3v) is 6.38. The monoisotopic (exact) mass is 547 g/mol. The van der Waals surface area contributed by atoms with E-state index < -0.39 is 27.6 Å². The van der Waals surface area contributed by atoms with Crippen molar-refractivity contribution in [3.63, 3.8) is 0 Å². The number of aryl methyl sites for hydroxylation is 1. The molecule has 0 bridgehead atoms. The van der Waals surface area contributed by atoms with Gasteiger partial charge in [-0.3, -0.25) is 10.1 Å². The van der Waals surface area contributed by atoms with E-state index >= 15 is 0 Å². The average Bonchev–Trinajstić information content (AvgIpc) is 3.08. The highest BCUT2D eigenvalue weighted by Crippen LogP contribution is 2.25. The second kappa shape index (κ2) is 11.3. The average molecular weight is 548 g/mol. The number of ether oxygens (including phenoxy) is 1. The zero-order valence-corrected chi connectivity index (χ0v) is 22.9. The molecule has 0 aliphatic carbocycles. The molecule has 0 radical (unpaired) electrons. The summed E-state index contributed by atoms with van der Waals surface area (Å²) in [5, 5.41) is 4.02. The van der Waals surface area contributed by atoms with Crippen LogP contribution in [0.4, 0.5) is 10.5 Å². The highest BCUT2D eigenvalue weighted by atomic mass is 35.5. The Bertz CT molecular complexity index is 1460. The second-order valence-electron chi connectivity index (χ2n) is 9.35. The number of nitrogens with one attached hydrogen (secondary N) is 2. The van der Waals surface area contributed by atoms with E-state index in [4.69, 9.17) is 16.3 Å². The van der Waals surface area contributed by atoms with Gasteiger partial charge in [0, 0.05) is 16.1 Å². The molecule has 0 atom stereocenters. The Morgan fingerprint density at radius 1 is 1.16 bits per heavy atom. The number of rotatable bonds is 8. The predicted octanol–water partition coefficient (Wildman–Crippen LogP) is 5.16. The minimum Gasteiger partial charge on any atom is -0.444 e. The molecule has 0 saturated heterocycles. The van der Waals surface area contributed by atoms with Crippen LogP contribution in [-0.4, -0.2) is 40.6 Å². The normalized spacial score (nSPS) is 12.2. The minimum atomic E-state index is -3.94. The molecule has 0 unspecified atom stereocenters. The highest BCUT2D eigenvalue weighted by Gasteiger charge is 2.19. The van der Waals surface area contributed by atoms with Crippen LogP contribution in [0.5, 0.6) is 0 Å². The molecular formula is C25H30ClN5O5S. The highest BCUT2D eigenvalue weighted by molar-refractivity contribution is 7.92. The maximum absolute atomic E-state index is 12.6. The van der Waals surface area contributed by atoms with Crippen LogP contribution in [0.15, 0.2) is 41.8 Å². The topological polar surface area (TPSA) is 132 Å². The first-order chi connectivity index (χ1) is 17.3. The first-order valence-corrected chi connectivity index (χ1v) is 13.6. The molecule has 2 heterocycles. The SMILES string of the molecule is CCC/C=C/S(=O)(=O)NC(=O)c1ccc2nc(C)n(Cc3ccc(NC(=O)OC(C)(C)C)cc3Cl)c2n1. The van der Waals surface area contributed by atoms with Gasteiger partial charge in [0.15, 0.2) is 5.65 Å². The Hall–Kier alpha value is -3.44. The van der Waals surface area contributed by atoms with Gasteiger partial charge in [0.2, 0.25) is 0 Å². The van der Waals surface area contributed by atoms with Gasteiger partial charge in [-0.25, -0.2) is 27.9 Å². The van der Waals surface area contributed by atoms with E-state index in [0.29, 0.717) is 34.1 Å². The molecule has 2 N–H and O–H groups in total. The van der Waals surface area contributed by atoms with Crippen molar-refractivity contribution in [1.82, 2.24) is 19.3 Å². The van der Waals surface area contributed by atoms with E-state index in [9.17, 15) is 18.0 Å². The van der Waals surface area contributed by atoms with E-state index in [1.165, 1.54) is 12.1 Å². The molecule has 0 saturated carbocycles. The molecule has 0 aliphatic rings. The summed E-state index contributed by atoms with van der Waals surface area (Å²) in [6.07, 6.45) is 2.26. The number of hydrogen-bond donors (Lipinski definition) is 2. The number of carbonyl (C=O) groups is 2. The fourth-order valence-electron chi connectivity index (χ4n) is 3.35. The van der Waals surface area contributed by atoms with Crippen LogP contribution >= 0.6 is 11.6 Å². The van der Waals surface area contributed by atoms with Crippen LogP contribution in [0.25, 0.3) is 11.2 Å². The Morgan fingerprint density at radius 3 is 2.54 bits per heavy atom. The van der Waals surface area contributed by atoms with Crippen LogP contribution in [0, 0.1) is 6.92 Å². The lowest BCUT2D eigenvalue weighted by Crippen LogP contribution is -2.29. The number of halogens is 1. The number of unbranched alkanes of at least 4 members (excludes halogenated alkanes) is 1. The molecule has 10 nitrogen and oxygen atoms in total. The van der Waals surface area contributed by atoms with Gasteiger partial charge in [-0.2, -0.15) is 0 Å². The molecule has 12 heteroatoms. The number of sulfonamides is 1. The van der Waals surface area contributed by atoms with Crippen LogP contribution in [-0.2, 0) is 21.3 Å². The van der Waals surface area contributed by atoms with Gasteiger partial charge in [0.1, 0.15) is 22.6 Å². The van der Waals surface area contributed by atoms with E-state index in [1.807, 2.05) is 11.6 Å². The zero-order valence-electron chi connectivity index (χ0n) is 21.3. The van der Waals surface area contributed by atoms with Gasteiger partial charge in [-0.15, -0.1) is 0 Å². The number of fused-ring (bicyclic) bond motifs is 1. The summed E-state index contributed by atoms with van der Waals surface area (Å²) in [5.41, 5.74) is 1.44. The van der Waals surface area contributed by atoms with Crippen molar-refractivity contribution in [2.45, 2.75) is 59.6 Å². The number of aromatic nitrogens is 3. The fourth-order valence-corrected chi connectivity index (χ4v) is 4.41. The van der Waals surface area contributed by atoms with Crippen LogP contribution in [0.3, 0.4) is 0 Å². The van der Waals surface area contributed by atoms with Crippen LogP contribution < -0.4 is 10.0 Å². The molecule has 198 valence electrons. The standard InChI is InChI=1S/C25H30ClN5O5S/c1-6-7-8-13-37(34,35)30-23(32)21-12-11-20-22(29-21)31(16(2)27-20)15-17-9-10-18(14-19(17)26)28-24(33)36-25(3,4)5/h8-14H,6-7,15H2,1-5H3,(H,28,33)(H,30,32)/b13-8+. The summed E-state index contributed by atoms with van der Waals surface area (Å²) in [6.45, 7) is 9.30. The molecule has 0 aliphatic heterocycles. The molecule has 3 aromatic rings. The van der Waals surface area contributed by atoms with Gasteiger partial charge < -0.3 is 9.30 Å². The number of carbonyl (C=O) groups excluding carboxylic acids is 2. The van der Waals surface area contributed by atoms with Crippen molar-refractivity contribution < 1.29 is 22.7 Å². The maximum Gasteiger partial charge on any atom is 0.412 e. The first kappa shape index (κ1) is 28.1. The van der Waals surface area contributed by atoms with Gasteiger partial charge in [0.25, 0.3) is 15.9 Å². The predicted molar refractivity (Wildman–Crippen MR) is 143 cm³/mol. The Balaban J connectivity index is 1.83. The van der Waals surface area contributed by atoms with Crippen molar-refractivity contribution >= 4 is 50.5 Å². The van der Waals surface area contributed by atoms with Crippen molar-refractivity contribution in [2.24, 2.45) is 0 Å². The summed E-state index contributed by atoms with van der Waals surface area (Å²) in [5.74, 6) is -0.216. The summed E-state index contributed by atoms with van der Waals surface area (Å²) in [7, 11) is -3.94. The van der Waals surface area contributed by atoms with Crippen molar-refractivity contribution in [1.29, 1.82) is 0 Å². The molecule has 1 aromatic carbocycles. The summed E-state index contributed by atoms with van der Waals surface area (Å²) < 4.78 is 33.3. The van der Waals surface area contributed by atoms with Crippen LogP contribution in [0.2, 0.25) is 5.02 Å².